The molecule has 1 saturated carbocycles. The fourth-order valence-corrected chi connectivity index (χ4v) is 3.44. The van der Waals surface area contributed by atoms with Gasteiger partial charge in [0.15, 0.2) is 0 Å². The summed E-state index contributed by atoms with van der Waals surface area (Å²) in [5, 5.41) is 0. The number of nitrogens with two attached hydrogens (primary N) is 1. The molecule has 1 aliphatic rings. The molecule has 6 nitrogen and oxygen atoms in total. The fraction of sp³-hybridized carbons (Fsp3) is 0.692. The zero-order chi connectivity index (χ0) is 14.6. The maximum absolute atomic E-state index is 11.9. The minimum Gasteiger partial charge on any atom is -0.377 e. The number of hydrogen-bond acceptors (Lipinski definition) is 4. The van der Waals surface area contributed by atoms with E-state index >= 15 is 0 Å². The Bertz CT molecular complexity index is 519. The average molecular weight is 301 g/mol. The van der Waals surface area contributed by atoms with Crippen molar-refractivity contribution in [1.82, 2.24) is 9.29 Å². The maximum Gasteiger partial charge on any atom is 0.242 e. The van der Waals surface area contributed by atoms with Gasteiger partial charge < -0.3 is 15.0 Å². The summed E-state index contributed by atoms with van der Waals surface area (Å²) < 4.78 is 33.8. The van der Waals surface area contributed by atoms with Crippen molar-refractivity contribution >= 4 is 10.0 Å². The van der Waals surface area contributed by atoms with Gasteiger partial charge in [-0.1, -0.05) is 0 Å². The molecule has 0 amide bonds. The Morgan fingerprint density at radius 3 is 2.70 bits per heavy atom. The molecule has 2 rings (SSSR count). The van der Waals surface area contributed by atoms with Gasteiger partial charge in [0.2, 0.25) is 10.0 Å². The second-order valence-corrected chi connectivity index (χ2v) is 7.08. The first-order valence-corrected chi connectivity index (χ1v) is 8.44. The van der Waals surface area contributed by atoms with Crippen LogP contribution in [-0.4, -0.2) is 38.3 Å². The molecule has 1 fully saturated rings. The summed E-state index contributed by atoms with van der Waals surface area (Å²) in [6.07, 6.45) is 7.40. The van der Waals surface area contributed by atoms with Gasteiger partial charge in [0.1, 0.15) is 0 Å². The third kappa shape index (κ3) is 4.31. The van der Waals surface area contributed by atoms with Crippen molar-refractivity contribution < 1.29 is 13.2 Å². The summed E-state index contributed by atoms with van der Waals surface area (Å²) in [5.74, 6) is 0. The van der Waals surface area contributed by atoms with Crippen molar-refractivity contribution in [1.29, 1.82) is 0 Å². The largest absolute Gasteiger partial charge is 0.377 e. The summed E-state index contributed by atoms with van der Waals surface area (Å²) in [6.45, 7) is 0.686. The van der Waals surface area contributed by atoms with Crippen LogP contribution >= 0.6 is 0 Å². The van der Waals surface area contributed by atoms with Crippen LogP contribution in [-0.2, 0) is 21.8 Å². The van der Waals surface area contributed by atoms with Crippen molar-refractivity contribution in [2.45, 2.75) is 42.7 Å². The summed E-state index contributed by atoms with van der Waals surface area (Å²) in [4.78, 5) is 0.281. The lowest BCUT2D eigenvalue weighted by Crippen LogP contribution is -2.33. The molecule has 114 valence electrons. The molecule has 20 heavy (non-hydrogen) atoms. The minimum atomic E-state index is -3.42. The van der Waals surface area contributed by atoms with E-state index in [4.69, 9.17) is 10.5 Å². The van der Waals surface area contributed by atoms with Crippen LogP contribution in [0.5, 0.6) is 0 Å². The van der Waals surface area contributed by atoms with Crippen LogP contribution in [0, 0.1) is 0 Å². The summed E-state index contributed by atoms with van der Waals surface area (Å²) in [5.41, 5.74) is 5.83. The lowest BCUT2D eigenvalue weighted by Gasteiger charge is -2.26. The Kier molecular flexibility index (Phi) is 5.20. The lowest BCUT2D eigenvalue weighted by atomic mass is 9.94. The highest BCUT2D eigenvalue weighted by Crippen LogP contribution is 2.19. The number of rotatable bonds is 6. The fourth-order valence-electron chi connectivity index (χ4n) is 2.38. The molecule has 0 saturated heterocycles. The smallest absolute Gasteiger partial charge is 0.242 e. The van der Waals surface area contributed by atoms with E-state index < -0.39 is 10.0 Å². The van der Waals surface area contributed by atoms with Gasteiger partial charge in [0, 0.05) is 32.0 Å². The number of aryl methyl sites for hydroxylation is 1. The Labute approximate surface area is 120 Å². The summed E-state index contributed by atoms with van der Waals surface area (Å²) in [6, 6.07) is 1.87. The van der Waals surface area contributed by atoms with Gasteiger partial charge in [-0.25, -0.2) is 13.1 Å². The van der Waals surface area contributed by atoms with Crippen LogP contribution < -0.4 is 10.5 Å². The van der Waals surface area contributed by atoms with Gasteiger partial charge in [-0.3, -0.25) is 0 Å². The van der Waals surface area contributed by atoms with Gasteiger partial charge in [-0.2, -0.15) is 0 Å². The predicted molar refractivity (Wildman–Crippen MR) is 76.8 cm³/mol. The molecule has 1 aromatic rings. The molecule has 0 aromatic carbocycles. The highest BCUT2D eigenvalue weighted by molar-refractivity contribution is 7.89. The number of ether oxygens (including phenoxy) is 1. The van der Waals surface area contributed by atoms with Crippen molar-refractivity contribution in [3.63, 3.8) is 0 Å². The van der Waals surface area contributed by atoms with Crippen LogP contribution in [0.15, 0.2) is 23.4 Å². The van der Waals surface area contributed by atoms with Gasteiger partial charge in [-0.05, 0) is 31.7 Å². The SMILES string of the molecule is Cn1ccc(S(=O)(=O)NCCOC2CCC(N)CC2)c1. The molecule has 1 aliphatic carbocycles. The van der Waals surface area contributed by atoms with E-state index in [0.29, 0.717) is 19.2 Å². The van der Waals surface area contributed by atoms with E-state index in [1.165, 1.54) is 0 Å². The van der Waals surface area contributed by atoms with Gasteiger partial charge in [0.05, 0.1) is 17.6 Å². The quantitative estimate of drug-likeness (QED) is 0.753. The van der Waals surface area contributed by atoms with E-state index in [2.05, 4.69) is 4.72 Å². The van der Waals surface area contributed by atoms with Crippen LogP contribution in [0.25, 0.3) is 0 Å². The lowest BCUT2D eigenvalue weighted by molar-refractivity contribution is 0.0287. The zero-order valence-corrected chi connectivity index (χ0v) is 12.6. The van der Waals surface area contributed by atoms with E-state index in [1.54, 1.807) is 30.1 Å². The molecule has 1 aromatic heterocycles. The minimum absolute atomic E-state index is 0.219. The summed E-state index contributed by atoms with van der Waals surface area (Å²) in [7, 11) is -1.63. The monoisotopic (exact) mass is 301 g/mol. The molecular formula is C13H23N3O3S. The number of nitrogens with one attached hydrogen (secondary N) is 1. The third-order valence-electron chi connectivity index (χ3n) is 3.58. The first-order valence-electron chi connectivity index (χ1n) is 6.96. The normalized spacial score (nSPS) is 23.9. The molecule has 0 radical (unpaired) electrons. The second kappa shape index (κ2) is 6.71. The van der Waals surface area contributed by atoms with E-state index in [9.17, 15) is 8.42 Å². The molecule has 0 atom stereocenters. The van der Waals surface area contributed by atoms with Crippen molar-refractivity contribution in [2.75, 3.05) is 13.2 Å². The molecule has 1 heterocycles. The number of hydrogen-bond donors (Lipinski definition) is 2. The van der Waals surface area contributed by atoms with E-state index in [0.717, 1.165) is 25.7 Å². The molecule has 7 heteroatoms. The predicted octanol–water partition coefficient (Wildman–Crippen LogP) is 0.590. The topological polar surface area (TPSA) is 86.3 Å². The number of nitrogens with zero attached hydrogens (tertiary/aromatic N) is 1. The molecule has 0 unspecified atom stereocenters. The Hall–Kier alpha value is -0.890. The van der Waals surface area contributed by atoms with E-state index in [1.807, 2.05) is 0 Å². The molecule has 0 spiro atoms. The maximum atomic E-state index is 11.9. The van der Waals surface area contributed by atoms with E-state index in [-0.39, 0.29) is 11.0 Å². The first kappa shape index (κ1) is 15.5. The first-order chi connectivity index (χ1) is 9.47. The van der Waals surface area contributed by atoms with Crippen LogP contribution in [0.2, 0.25) is 0 Å². The highest BCUT2D eigenvalue weighted by Gasteiger charge is 2.19. The highest BCUT2D eigenvalue weighted by atomic mass is 32.2. The summed E-state index contributed by atoms with van der Waals surface area (Å²) >= 11 is 0. The van der Waals surface area contributed by atoms with Crippen LogP contribution in [0.4, 0.5) is 0 Å². The van der Waals surface area contributed by atoms with Crippen LogP contribution in [0.1, 0.15) is 25.7 Å². The molecule has 0 aliphatic heterocycles. The van der Waals surface area contributed by atoms with Gasteiger partial charge in [-0.15, -0.1) is 0 Å². The molecule has 3 N–H and O–H groups in total. The van der Waals surface area contributed by atoms with Gasteiger partial charge in [0.25, 0.3) is 0 Å². The number of aromatic nitrogens is 1. The standard InChI is InChI=1S/C13H23N3O3S/c1-16-8-6-13(10-16)20(17,18)15-7-9-19-12-4-2-11(14)3-5-12/h6,8,10-12,15H,2-5,7,9,14H2,1H3. The molecular weight excluding hydrogens is 278 g/mol. The van der Waals surface area contributed by atoms with Crippen LogP contribution in [0.3, 0.4) is 0 Å². The number of sulfonamides is 1. The van der Waals surface area contributed by atoms with Crippen molar-refractivity contribution in [3.05, 3.63) is 18.5 Å². The Morgan fingerprint density at radius 2 is 2.10 bits per heavy atom. The van der Waals surface area contributed by atoms with Crippen molar-refractivity contribution in [2.24, 2.45) is 12.8 Å². The Balaban J connectivity index is 1.70. The third-order valence-corrected chi connectivity index (χ3v) is 5.03. The average Bonchev–Trinajstić information content (AvgIpc) is 2.84. The van der Waals surface area contributed by atoms with Crippen molar-refractivity contribution in [3.8, 4) is 0 Å². The van der Waals surface area contributed by atoms with Gasteiger partial charge >= 0.3 is 0 Å². The second-order valence-electron chi connectivity index (χ2n) is 5.32. The Morgan fingerprint density at radius 1 is 1.40 bits per heavy atom. The zero-order valence-electron chi connectivity index (χ0n) is 11.8. The molecule has 0 bridgehead atoms.